The third-order valence-electron chi connectivity index (χ3n) is 4.13. The Bertz CT molecular complexity index is 774. The molecular formula is C22H31NO6. The van der Waals surface area contributed by atoms with E-state index in [2.05, 4.69) is 0 Å². The van der Waals surface area contributed by atoms with Gasteiger partial charge in [-0.1, -0.05) is 18.2 Å². The predicted molar refractivity (Wildman–Crippen MR) is 109 cm³/mol. The molecule has 0 bridgehead atoms. The van der Waals surface area contributed by atoms with Gasteiger partial charge in [-0.15, -0.1) is 0 Å². The molecule has 0 unspecified atom stereocenters. The Kier molecular flexibility index (Phi) is 6.73. The Morgan fingerprint density at radius 1 is 1.03 bits per heavy atom. The first kappa shape index (κ1) is 22.9. The Morgan fingerprint density at radius 3 is 2.17 bits per heavy atom. The molecule has 1 aromatic rings. The molecule has 7 heteroatoms. The zero-order chi connectivity index (χ0) is 22.0. The molecule has 2 rings (SSSR count). The van der Waals surface area contributed by atoms with E-state index in [1.165, 1.54) is 0 Å². The topological polar surface area (TPSA) is 82.1 Å². The van der Waals surface area contributed by atoms with Crippen molar-refractivity contribution in [1.29, 1.82) is 0 Å². The van der Waals surface area contributed by atoms with Crippen molar-refractivity contribution in [2.24, 2.45) is 5.92 Å². The van der Waals surface area contributed by atoms with Gasteiger partial charge in [-0.05, 0) is 60.1 Å². The highest BCUT2D eigenvalue weighted by Crippen LogP contribution is 2.33. The van der Waals surface area contributed by atoms with Crippen LogP contribution in [0.3, 0.4) is 0 Å². The third kappa shape index (κ3) is 5.79. The first-order valence-corrected chi connectivity index (χ1v) is 9.83. The third-order valence-corrected chi connectivity index (χ3v) is 4.13. The van der Waals surface area contributed by atoms with Crippen molar-refractivity contribution >= 4 is 23.7 Å². The number of ether oxygens (including phenoxy) is 3. The number of hydrogen-bond donors (Lipinski definition) is 0. The van der Waals surface area contributed by atoms with Gasteiger partial charge in [-0.3, -0.25) is 9.59 Å². The highest BCUT2D eigenvalue weighted by atomic mass is 16.6. The number of esters is 1. The van der Waals surface area contributed by atoms with Crippen LogP contribution in [0.5, 0.6) is 0 Å². The normalized spacial score (nSPS) is 20.0. The molecule has 0 N–H and O–H groups in total. The van der Waals surface area contributed by atoms with Crippen LogP contribution in [0, 0.1) is 5.92 Å². The van der Waals surface area contributed by atoms with E-state index >= 15 is 0 Å². The summed E-state index contributed by atoms with van der Waals surface area (Å²) in [5, 5.41) is 0. The molecule has 2 atom stereocenters. The lowest BCUT2D eigenvalue weighted by molar-refractivity contribution is -0.167. The first-order chi connectivity index (χ1) is 13.3. The average Bonchev–Trinajstić information content (AvgIpc) is 2.65. The monoisotopic (exact) mass is 405 g/mol. The highest BCUT2D eigenvalue weighted by Gasteiger charge is 2.47. The number of imide groups is 1. The molecule has 0 fully saturated rings. The van der Waals surface area contributed by atoms with E-state index in [1.54, 1.807) is 60.6 Å². The van der Waals surface area contributed by atoms with Crippen LogP contribution in [0.25, 0.3) is 0 Å². The molecule has 1 aliphatic heterocycles. The largest absolute Gasteiger partial charge is 0.459 e. The highest BCUT2D eigenvalue weighted by molar-refractivity contribution is 6.19. The molecule has 0 saturated heterocycles. The zero-order valence-corrected chi connectivity index (χ0v) is 18.3. The van der Waals surface area contributed by atoms with Crippen LogP contribution >= 0.6 is 0 Å². The Labute approximate surface area is 172 Å². The summed E-state index contributed by atoms with van der Waals surface area (Å²) in [7, 11) is 0. The number of rotatable bonds is 3. The number of nitrogens with zero attached hydrogens (tertiary/aromatic N) is 1. The minimum atomic E-state index is -1.28. The van der Waals surface area contributed by atoms with Crippen LogP contribution in [0.2, 0.25) is 0 Å². The van der Waals surface area contributed by atoms with Crippen molar-refractivity contribution in [3.8, 4) is 0 Å². The minimum Gasteiger partial charge on any atom is -0.459 e. The van der Waals surface area contributed by atoms with E-state index in [0.29, 0.717) is 18.7 Å². The second kappa shape index (κ2) is 8.53. The predicted octanol–water partition coefficient (Wildman–Crippen LogP) is 3.87. The van der Waals surface area contributed by atoms with Gasteiger partial charge in [0, 0.05) is 13.0 Å². The Hall–Kier alpha value is -2.41. The summed E-state index contributed by atoms with van der Waals surface area (Å²) in [4.78, 5) is 40.3. The molecule has 0 radical (unpaired) electrons. The summed E-state index contributed by atoms with van der Waals surface area (Å²) in [6, 6.07) is 7.02. The van der Waals surface area contributed by atoms with Crippen molar-refractivity contribution < 1.29 is 28.6 Å². The average molecular weight is 405 g/mol. The van der Waals surface area contributed by atoms with E-state index < -0.39 is 41.2 Å². The number of anilines is 1. The smallest absolute Gasteiger partial charge is 0.421 e. The molecule has 1 aromatic carbocycles. The zero-order valence-electron chi connectivity index (χ0n) is 18.3. The van der Waals surface area contributed by atoms with Gasteiger partial charge in [-0.2, -0.15) is 0 Å². The second-order valence-corrected chi connectivity index (χ2v) is 8.99. The first-order valence-electron chi connectivity index (χ1n) is 9.83. The fourth-order valence-electron chi connectivity index (χ4n) is 3.14. The molecule has 0 spiro atoms. The van der Waals surface area contributed by atoms with Gasteiger partial charge in [-0.25, -0.2) is 9.69 Å². The van der Waals surface area contributed by atoms with Crippen LogP contribution in [0.15, 0.2) is 24.3 Å². The fraction of sp³-hybridized carbons (Fsp3) is 0.591. The molecular weight excluding hydrogens is 374 g/mol. The molecule has 0 saturated carbocycles. The van der Waals surface area contributed by atoms with Crippen LogP contribution in [-0.2, 0) is 30.2 Å². The maximum absolute atomic E-state index is 13.5. The van der Waals surface area contributed by atoms with Gasteiger partial charge in [0.25, 0.3) is 5.91 Å². The number of carbonyl (C=O) groups is 3. The van der Waals surface area contributed by atoms with Crippen molar-refractivity contribution in [3.05, 3.63) is 29.8 Å². The maximum atomic E-state index is 13.5. The standard InChI is InChI=1S/C22H31NO6/c1-8-27-16-13-14-11-9-10-12-15(14)23(20(26)29-22(5,6)7)18(24)17(16)19(25)28-21(2,3)4/h9-12,16-17H,8,13H2,1-7H3/t16-,17+/m1/s1. The fourth-order valence-corrected chi connectivity index (χ4v) is 3.14. The van der Waals surface area contributed by atoms with Gasteiger partial charge in [0.15, 0.2) is 5.92 Å². The van der Waals surface area contributed by atoms with Gasteiger partial charge in [0.1, 0.15) is 11.2 Å². The van der Waals surface area contributed by atoms with Gasteiger partial charge < -0.3 is 14.2 Å². The lowest BCUT2D eigenvalue weighted by Crippen LogP contribution is -2.50. The maximum Gasteiger partial charge on any atom is 0.421 e. The SMILES string of the molecule is CCO[C@@H]1Cc2ccccc2N(C(=O)OC(C)(C)C)C(=O)[C@H]1C(=O)OC(C)(C)C. The number of carbonyl (C=O) groups excluding carboxylic acids is 3. The van der Waals surface area contributed by atoms with Crippen LogP contribution in [-0.4, -0.2) is 41.9 Å². The summed E-state index contributed by atoms with van der Waals surface area (Å²) in [5.41, 5.74) is -0.484. The van der Waals surface area contributed by atoms with Gasteiger partial charge >= 0.3 is 12.1 Å². The quantitative estimate of drug-likeness (QED) is 0.561. The van der Waals surface area contributed by atoms with E-state index in [9.17, 15) is 14.4 Å². The Balaban J connectivity index is 2.55. The number of fused-ring (bicyclic) bond motifs is 1. The molecule has 160 valence electrons. The number of benzene rings is 1. The molecule has 29 heavy (non-hydrogen) atoms. The Morgan fingerprint density at radius 2 is 1.62 bits per heavy atom. The molecule has 7 nitrogen and oxygen atoms in total. The summed E-state index contributed by atoms with van der Waals surface area (Å²) in [6.07, 6.45) is -1.30. The van der Waals surface area contributed by atoms with Crippen LogP contribution in [0.4, 0.5) is 10.5 Å². The number of para-hydroxylation sites is 1. The summed E-state index contributed by atoms with van der Waals surface area (Å²) in [5.74, 6) is -2.71. The molecule has 2 amide bonds. The molecule has 0 aromatic heterocycles. The van der Waals surface area contributed by atoms with Crippen molar-refractivity contribution in [2.75, 3.05) is 11.5 Å². The van der Waals surface area contributed by atoms with E-state index in [1.807, 2.05) is 12.1 Å². The summed E-state index contributed by atoms with van der Waals surface area (Å²) < 4.78 is 16.7. The van der Waals surface area contributed by atoms with Crippen LogP contribution in [0.1, 0.15) is 54.0 Å². The van der Waals surface area contributed by atoms with Crippen molar-refractivity contribution in [1.82, 2.24) is 0 Å². The van der Waals surface area contributed by atoms with Crippen LogP contribution < -0.4 is 4.90 Å². The second-order valence-electron chi connectivity index (χ2n) is 8.99. The van der Waals surface area contributed by atoms with Gasteiger partial charge in [0.05, 0.1) is 11.8 Å². The lowest BCUT2D eigenvalue weighted by Gasteiger charge is -2.30. The lowest BCUT2D eigenvalue weighted by atomic mass is 9.96. The number of amides is 2. The van der Waals surface area contributed by atoms with E-state index in [-0.39, 0.29) is 0 Å². The van der Waals surface area contributed by atoms with E-state index in [4.69, 9.17) is 14.2 Å². The molecule has 0 aliphatic carbocycles. The van der Waals surface area contributed by atoms with Gasteiger partial charge in [0.2, 0.25) is 0 Å². The van der Waals surface area contributed by atoms with Crippen molar-refractivity contribution in [2.45, 2.75) is 72.2 Å². The summed E-state index contributed by atoms with van der Waals surface area (Å²) >= 11 is 0. The minimum absolute atomic E-state index is 0.291. The molecule has 1 aliphatic rings. The van der Waals surface area contributed by atoms with E-state index in [0.717, 1.165) is 10.5 Å². The number of hydrogen-bond acceptors (Lipinski definition) is 6. The summed E-state index contributed by atoms with van der Waals surface area (Å²) in [6.45, 7) is 12.4. The molecule has 1 heterocycles. The van der Waals surface area contributed by atoms with Crippen molar-refractivity contribution in [3.63, 3.8) is 0 Å².